The van der Waals surface area contributed by atoms with E-state index in [0.29, 0.717) is 40.5 Å². The van der Waals surface area contributed by atoms with Crippen molar-refractivity contribution in [3.8, 4) is 11.5 Å². The maximum absolute atomic E-state index is 13.5. The third-order valence-corrected chi connectivity index (χ3v) is 6.38. The van der Waals surface area contributed by atoms with Crippen molar-refractivity contribution in [3.05, 3.63) is 64.4 Å². The van der Waals surface area contributed by atoms with E-state index in [4.69, 9.17) is 21.1 Å². The van der Waals surface area contributed by atoms with Gasteiger partial charge in [-0.05, 0) is 42.8 Å². The summed E-state index contributed by atoms with van der Waals surface area (Å²) in [7, 11) is 0. The number of aryl methyl sites for hydroxylation is 1. The van der Waals surface area contributed by atoms with Crippen LogP contribution in [0, 0.1) is 6.92 Å². The SMILES string of the molecule is Cc1nnc2n1N[C@H](c1ccc(Cl)cc1)[C@@H](C(=O)c1ccc3c(c1)OCCO3)S2. The second kappa shape index (κ2) is 7.27. The highest BCUT2D eigenvalue weighted by molar-refractivity contribution is 8.00. The fraction of sp³-hybridized carbons (Fsp3) is 0.250. The summed E-state index contributed by atoms with van der Waals surface area (Å²) >= 11 is 7.46. The van der Waals surface area contributed by atoms with Gasteiger partial charge in [0.05, 0.1) is 6.04 Å². The first-order chi connectivity index (χ1) is 14.1. The third-order valence-electron chi connectivity index (χ3n) is 4.91. The summed E-state index contributed by atoms with van der Waals surface area (Å²) in [4.78, 5) is 13.5. The maximum atomic E-state index is 13.5. The molecule has 9 heteroatoms. The standard InChI is InChI=1S/C20H17ClN4O3S/c1-11-22-23-20-25(11)24-17(12-2-5-14(21)6-3-12)19(29-20)18(26)13-4-7-15-16(10-13)28-9-8-27-15/h2-7,10,17,19,24H,8-9H2,1H3/t17-,19+/m1/s1. The molecule has 3 heterocycles. The highest BCUT2D eigenvalue weighted by Gasteiger charge is 2.38. The number of ketones is 1. The van der Waals surface area contributed by atoms with Crippen LogP contribution in [0.1, 0.15) is 27.8 Å². The number of carbonyl (C=O) groups excluding carboxylic acids is 1. The van der Waals surface area contributed by atoms with E-state index in [1.165, 1.54) is 11.8 Å². The molecule has 3 aromatic rings. The summed E-state index contributed by atoms with van der Waals surface area (Å²) in [5.41, 5.74) is 4.92. The fourth-order valence-electron chi connectivity index (χ4n) is 3.44. The van der Waals surface area contributed by atoms with Crippen molar-refractivity contribution in [2.75, 3.05) is 18.6 Å². The first-order valence-corrected chi connectivity index (χ1v) is 10.4. The molecule has 2 aromatic carbocycles. The number of rotatable bonds is 3. The third kappa shape index (κ3) is 3.32. The molecule has 148 valence electrons. The number of hydrogen-bond donors (Lipinski definition) is 1. The van der Waals surface area contributed by atoms with Gasteiger partial charge in [0.15, 0.2) is 17.3 Å². The van der Waals surface area contributed by atoms with Crippen LogP contribution in [0.3, 0.4) is 0 Å². The van der Waals surface area contributed by atoms with Gasteiger partial charge in [0.25, 0.3) is 0 Å². The van der Waals surface area contributed by atoms with Gasteiger partial charge >= 0.3 is 0 Å². The van der Waals surface area contributed by atoms with Crippen LogP contribution in [0.15, 0.2) is 47.6 Å². The van der Waals surface area contributed by atoms with Crippen LogP contribution in [-0.4, -0.2) is 39.1 Å². The van der Waals surface area contributed by atoms with Gasteiger partial charge in [-0.3, -0.25) is 4.79 Å². The van der Waals surface area contributed by atoms with E-state index in [1.807, 2.05) is 35.9 Å². The van der Waals surface area contributed by atoms with Crippen LogP contribution >= 0.6 is 23.4 Å². The lowest BCUT2D eigenvalue weighted by Gasteiger charge is -2.33. The monoisotopic (exact) mass is 428 g/mol. The normalized spacial score (nSPS) is 19.9. The number of ether oxygens (including phenoxy) is 2. The molecule has 0 unspecified atom stereocenters. The van der Waals surface area contributed by atoms with Crippen molar-refractivity contribution in [2.24, 2.45) is 0 Å². The first-order valence-electron chi connectivity index (χ1n) is 9.15. The lowest BCUT2D eigenvalue weighted by Crippen LogP contribution is -2.39. The quantitative estimate of drug-likeness (QED) is 0.638. The van der Waals surface area contributed by atoms with E-state index < -0.39 is 5.25 Å². The summed E-state index contributed by atoms with van der Waals surface area (Å²) < 4.78 is 13.0. The molecule has 0 saturated heterocycles. The Morgan fingerprint density at radius 3 is 2.69 bits per heavy atom. The molecule has 0 bridgehead atoms. The Morgan fingerprint density at radius 2 is 1.90 bits per heavy atom. The number of nitrogens with zero attached hydrogens (tertiary/aromatic N) is 3. The van der Waals surface area contributed by atoms with Gasteiger partial charge in [0.2, 0.25) is 5.16 Å². The van der Waals surface area contributed by atoms with Gasteiger partial charge < -0.3 is 14.9 Å². The van der Waals surface area contributed by atoms with Crippen LogP contribution in [-0.2, 0) is 0 Å². The van der Waals surface area contributed by atoms with Crippen LogP contribution < -0.4 is 14.9 Å². The largest absolute Gasteiger partial charge is 0.486 e. The molecular weight excluding hydrogens is 412 g/mol. The van der Waals surface area contributed by atoms with Gasteiger partial charge in [-0.25, -0.2) is 4.68 Å². The molecule has 0 radical (unpaired) electrons. The fourth-order valence-corrected chi connectivity index (χ4v) is 4.77. The minimum atomic E-state index is -0.435. The summed E-state index contributed by atoms with van der Waals surface area (Å²) in [5, 5.41) is 9.18. The highest BCUT2D eigenvalue weighted by Crippen LogP contribution is 2.40. The smallest absolute Gasteiger partial charge is 0.210 e. The molecule has 29 heavy (non-hydrogen) atoms. The van der Waals surface area contributed by atoms with Gasteiger partial charge in [0.1, 0.15) is 24.3 Å². The Morgan fingerprint density at radius 1 is 1.14 bits per heavy atom. The minimum absolute atomic E-state index is 0.0219. The van der Waals surface area contributed by atoms with E-state index in [0.717, 1.165) is 11.4 Å². The maximum Gasteiger partial charge on any atom is 0.210 e. The number of aromatic nitrogens is 3. The molecule has 5 rings (SSSR count). The van der Waals surface area contributed by atoms with Gasteiger partial charge in [0, 0.05) is 10.6 Å². The van der Waals surface area contributed by atoms with Crippen molar-refractivity contribution in [1.29, 1.82) is 0 Å². The van der Waals surface area contributed by atoms with E-state index in [2.05, 4.69) is 15.6 Å². The van der Waals surface area contributed by atoms with Crippen molar-refractivity contribution >= 4 is 29.1 Å². The molecule has 0 spiro atoms. The predicted octanol–water partition coefficient (Wildman–Crippen LogP) is 3.65. The molecule has 1 N–H and O–H groups in total. The Balaban J connectivity index is 1.53. The van der Waals surface area contributed by atoms with Crippen LogP contribution in [0.5, 0.6) is 11.5 Å². The molecule has 0 fully saturated rings. The number of halogens is 1. The molecule has 2 atom stereocenters. The molecule has 0 saturated carbocycles. The average Bonchev–Trinajstić information content (AvgIpc) is 3.12. The van der Waals surface area contributed by atoms with E-state index >= 15 is 0 Å². The van der Waals surface area contributed by atoms with Crippen LogP contribution in [0.4, 0.5) is 0 Å². The number of Topliss-reactive ketones (excluding diaryl/α,β-unsaturated/α-hetero) is 1. The van der Waals surface area contributed by atoms with Crippen molar-refractivity contribution in [1.82, 2.24) is 14.9 Å². The average molecular weight is 429 g/mol. The van der Waals surface area contributed by atoms with E-state index in [-0.39, 0.29) is 11.8 Å². The molecule has 2 aliphatic heterocycles. The lowest BCUT2D eigenvalue weighted by atomic mass is 9.97. The number of carbonyl (C=O) groups is 1. The van der Waals surface area contributed by atoms with Gasteiger partial charge in [-0.2, -0.15) is 0 Å². The van der Waals surface area contributed by atoms with Crippen molar-refractivity contribution in [2.45, 2.75) is 23.4 Å². The number of benzene rings is 2. The zero-order valence-corrected chi connectivity index (χ0v) is 17.0. The van der Waals surface area contributed by atoms with Crippen molar-refractivity contribution < 1.29 is 14.3 Å². The highest BCUT2D eigenvalue weighted by atomic mass is 35.5. The molecule has 0 amide bonds. The van der Waals surface area contributed by atoms with Crippen molar-refractivity contribution in [3.63, 3.8) is 0 Å². The Hall–Kier alpha value is -2.71. The predicted molar refractivity (Wildman–Crippen MR) is 110 cm³/mol. The minimum Gasteiger partial charge on any atom is -0.486 e. The second-order valence-electron chi connectivity index (χ2n) is 6.78. The molecule has 1 aromatic heterocycles. The Bertz CT molecular complexity index is 1090. The summed E-state index contributed by atoms with van der Waals surface area (Å²) in [6.07, 6.45) is 0. The van der Waals surface area contributed by atoms with E-state index in [9.17, 15) is 4.79 Å². The summed E-state index contributed by atoms with van der Waals surface area (Å²) in [6.45, 7) is 2.85. The van der Waals surface area contributed by atoms with E-state index in [1.54, 1.807) is 18.2 Å². The van der Waals surface area contributed by atoms with Gasteiger partial charge in [-0.1, -0.05) is 35.5 Å². The molecular formula is C20H17ClN4O3S. The number of thioether (sulfide) groups is 1. The Labute approximate surface area is 176 Å². The zero-order chi connectivity index (χ0) is 20.0. The molecule has 2 aliphatic rings. The second-order valence-corrected chi connectivity index (χ2v) is 8.33. The summed E-state index contributed by atoms with van der Waals surface area (Å²) in [5.74, 6) is 1.97. The van der Waals surface area contributed by atoms with Crippen LogP contribution in [0.2, 0.25) is 5.02 Å². The number of hydrogen-bond acceptors (Lipinski definition) is 7. The number of nitrogens with one attached hydrogen (secondary N) is 1. The lowest BCUT2D eigenvalue weighted by molar-refractivity contribution is 0.0979. The van der Waals surface area contributed by atoms with Crippen LogP contribution in [0.25, 0.3) is 0 Å². The zero-order valence-electron chi connectivity index (χ0n) is 15.5. The molecule has 7 nitrogen and oxygen atoms in total. The summed E-state index contributed by atoms with van der Waals surface area (Å²) in [6, 6.07) is 12.5. The Kier molecular flexibility index (Phi) is 4.60. The van der Waals surface area contributed by atoms with Gasteiger partial charge in [-0.15, -0.1) is 10.2 Å². The molecule has 0 aliphatic carbocycles. The number of fused-ring (bicyclic) bond motifs is 2. The first kappa shape index (κ1) is 18.3. The topological polar surface area (TPSA) is 78.3 Å².